The normalized spacial score (nSPS) is 11.0. The molecule has 8 aromatic carbocycles. The molecule has 0 saturated heterocycles. The fourth-order valence-corrected chi connectivity index (χ4v) is 14.6. The highest BCUT2D eigenvalue weighted by molar-refractivity contribution is 5.99. The van der Waals surface area contributed by atoms with Crippen molar-refractivity contribution in [3.8, 4) is 102 Å². The maximum absolute atomic E-state index is 12.9. The third-order valence-corrected chi connectivity index (χ3v) is 21.5. The number of carbonyl (C=O) groups excluding carboxylic acids is 2. The minimum atomic E-state index is -0.195. The highest BCUT2D eigenvalue weighted by atomic mass is 16.5. The number of unbranched alkanes of at least 4 members (excludes halogenated alkanes) is 4. The highest BCUT2D eigenvalue weighted by Gasteiger charge is 2.23. The molecule has 5 heterocycles. The number of rotatable bonds is 43. The molecule has 688 valence electrons. The number of aromatic amines is 5. The van der Waals surface area contributed by atoms with Crippen LogP contribution in [0, 0.1) is 17.2 Å². The van der Waals surface area contributed by atoms with Gasteiger partial charge in [0.15, 0.2) is 0 Å². The molecule has 25 heteroatoms. The first-order valence-electron chi connectivity index (χ1n) is 45.6. The molecule has 130 heavy (non-hydrogen) atoms. The molecule has 2 amide bonds. The molecule has 0 aliphatic heterocycles. The van der Waals surface area contributed by atoms with Crippen LogP contribution >= 0.6 is 0 Å². The van der Waals surface area contributed by atoms with Crippen LogP contribution in [0.2, 0.25) is 0 Å². The predicted molar refractivity (Wildman–Crippen MR) is 523 cm³/mol. The van der Waals surface area contributed by atoms with Gasteiger partial charge in [0, 0.05) is 117 Å². The summed E-state index contributed by atoms with van der Waals surface area (Å²) >= 11 is 0. The van der Waals surface area contributed by atoms with Crippen LogP contribution in [0.1, 0.15) is 172 Å². The largest absolute Gasteiger partial charge is 0.494 e. The Balaban J connectivity index is 0.000000184. The maximum atomic E-state index is 12.9. The number of H-pyrrole nitrogens is 5. The molecule has 13 aromatic rings. The minimum Gasteiger partial charge on any atom is -0.494 e. The van der Waals surface area contributed by atoms with Crippen molar-refractivity contribution >= 4 is 11.8 Å². The number of hydrogen-bond donors (Lipinski definition) is 7. The van der Waals surface area contributed by atoms with Crippen LogP contribution in [0.15, 0.2) is 225 Å². The molecule has 13 rings (SSSR count). The molecule has 0 aliphatic carbocycles. The average molecular weight is 1760 g/mol. The predicted octanol–water partition coefficient (Wildman–Crippen LogP) is 21.4. The summed E-state index contributed by atoms with van der Waals surface area (Å²) in [6.07, 6.45) is 21.8. The van der Waals surface area contributed by atoms with E-state index in [2.05, 4.69) is 195 Å². The Morgan fingerprint density at radius 3 is 1.25 bits per heavy atom. The third-order valence-electron chi connectivity index (χ3n) is 21.5. The van der Waals surface area contributed by atoms with Gasteiger partial charge >= 0.3 is 0 Å². The zero-order chi connectivity index (χ0) is 92.9. The molecular formula is C105H136N18O7. The summed E-state index contributed by atoms with van der Waals surface area (Å²) in [7, 11) is 15.7. The fourth-order valence-electron chi connectivity index (χ4n) is 14.6. The number of aliphatic hydroxyl groups is 1. The van der Waals surface area contributed by atoms with Gasteiger partial charge in [-0.3, -0.25) is 35.1 Å². The second kappa shape index (κ2) is 54.5. The van der Waals surface area contributed by atoms with Gasteiger partial charge in [-0.1, -0.05) is 153 Å². The van der Waals surface area contributed by atoms with E-state index in [9.17, 15) is 14.9 Å². The summed E-state index contributed by atoms with van der Waals surface area (Å²) in [6.45, 7) is 25.7. The van der Waals surface area contributed by atoms with Gasteiger partial charge < -0.3 is 58.8 Å². The number of amides is 2. The number of carbonyl (C=O) groups is 2. The maximum Gasteiger partial charge on any atom is 0.257 e. The van der Waals surface area contributed by atoms with E-state index in [1.165, 1.54) is 67.2 Å². The Morgan fingerprint density at radius 2 is 0.815 bits per heavy atom. The quantitative estimate of drug-likeness (QED) is 0.0175. The Labute approximate surface area is 770 Å². The van der Waals surface area contributed by atoms with Gasteiger partial charge in [0.05, 0.1) is 82.8 Å². The van der Waals surface area contributed by atoms with Gasteiger partial charge in [-0.05, 0) is 239 Å². The van der Waals surface area contributed by atoms with Crippen LogP contribution < -0.4 is 24.3 Å². The van der Waals surface area contributed by atoms with E-state index < -0.39 is 0 Å². The van der Waals surface area contributed by atoms with Crippen molar-refractivity contribution < 1.29 is 33.6 Å². The van der Waals surface area contributed by atoms with Crippen molar-refractivity contribution in [2.45, 2.75) is 152 Å². The topological polar surface area (TPSA) is 290 Å². The summed E-state index contributed by atoms with van der Waals surface area (Å²) in [6, 6.07) is 64.5. The van der Waals surface area contributed by atoms with Crippen molar-refractivity contribution in [2.24, 2.45) is 5.92 Å². The van der Waals surface area contributed by atoms with Gasteiger partial charge in [0.1, 0.15) is 46.3 Å². The molecule has 0 bridgehead atoms. The van der Waals surface area contributed by atoms with Crippen LogP contribution in [0.25, 0.3) is 56.2 Å². The van der Waals surface area contributed by atoms with Crippen molar-refractivity contribution in [1.29, 1.82) is 5.26 Å². The van der Waals surface area contributed by atoms with Crippen molar-refractivity contribution in [2.75, 3.05) is 102 Å². The SMILES string of the molecule is CCCCN(C)Cc1[nH]ncc1-c1ccc(Oc2ccccc2)c(C#N)c1.CCCCN(C)Cc1cn[nH]c1-c1ccc(OCCCO)cc1.CCCCN(C)Cc1cn[nH]c1-c1ccc(Oc2ccccc2)c(C(=O)N(C)C)c1.CCCCN(C)Cc1cn[nH]c1-c1ccc(Oc2ccccc2)c(C(=O)NC)c1.CCCN(C)Cc1cn[nH]c1-c1cccc(CC(C)C)c1. The number of aromatic nitrogens is 10. The van der Waals surface area contributed by atoms with Gasteiger partial charge in [-0.2, -0.15) is 30.8 Å². The number of ether oxygens (including phenoxy) is 4. The number of para-hydroxylation sites is 3. The smallest absolute Gasteiger partial charge is 0.257 e. The van der Waals surface area contributed by atoms with Gasteiger partial charge in [-0.25, -0.2) is 0 Å². The van der Waals surface area contributed by atoms with E-state index in [1.54, 1.807) is 26.0 Å². The summed E-state index contributed by atoms with van der Waals surface area (Å²) in [5.74, 6) is 4.89. The van der Waals surface area contributed by atoms with Crippen molar-refractivity contribution in [3.05, 3.63) is 275 Å². The van der Waals surface area contributed by atoms with E-state index in [0.29, 0.717) is 70.1 Å². The third kappa shape index (κ3) is 32.1. The first kappa shape index (κ1) is 101. The number of aliphatic hydroxyl groups excluding tert-OH is 1. The highest BCUT2D eigenvalue weighted by Crippen LogP contribution is 2.37. The average Bonchev–Trinajstić information content (AvgIpc) is 1.53. The number of nitrogens with zero attached hydrogens (tertiary/aromatic N) is 12. The molecule has 0 unspecified atom stereocenters. The molecular weight excluding hydrogens is 1630 g/mol. The molecule has 25 nitrogen and oxygen atoms in total. The Bertz CT molecular complexity index is 5480. The Morgan fingerprint density at radius 1 is 0.415 bits per heavy atom. The van der Waals surface area contributed by atoms with Crippen LogP contribution in [0.3, 0.4) is 0 Å². The van der Waals surface area contributed by atoms with Crippen molar-refractivity contribution in [1.82, 2.24) is 85.7 Å². The van der Waals surface area contributed by atoms with Crippen LogP contribution in [-0.4, -0.2) is 200 Å². The Kier molecular flexibility index (Phi) is 42.3. The van der Waals surface area contributed by atoms with E-state index in [0.717, 1.165) is 158 Å². The van der Waals surface area contributed by atoms with Crippen LogP contribution in [0.5, 0.6) is 40.2 Å². The van der Waals surface area contributed by atoms with Gasteiger partial charge in [-0.15, -0.1) is 0 Å². The van der Waals surface area contributed by atoms with E-state index in [1.807, 2.05) is 201 Å². The first-order chi connectivity index (χ1) is 63.2. The molecule has 0 atom stereocenters. The van der Waals surface area contributed by atoms with Crippen LogP contribution in [0.4, 0.5) is 0 Å². The second-order valence-electron chi connectivity index (χ2n) is 33.5. The fraction of sp³-hybridized carbons (Fsp3) is 0.371. The molecule has 0 radical (unpaired) electrons. The minimum absolute atomic E-state index is 0.107. The number of hydrogen-bond acceptors (Lipinski definition) is 18. The van der Waals surface area contributed by atoms with Crippen LogP contribution in [-0.2, 0) is 39.1 Å². The van der Waals surface area contributed by atoms with Crippen molar-refractivity contribution in [3.63, 3.8) is 0 Å². The molecule has 0 fully saturated rings. The summed E-state index contributed by atoms with van der Waals surface area (Å²) in [5, 5.41) is 57.8. The summed E-state index contributed by atoms with van der Waals surface area (Å²) in [4.78, 5) is 38.4. The van der Waals surface area contributed by atoms with Gasteiger partial charge in [0.25, 0.3) is 11.8 Å². The zero-order valence-electron chi connectivity index (χ0n) is 79.0. The molecule has 0 aliphatic rings. The van der Waals surface area contributed by atoms with E-state index in [-0.39, 0.29) is 18.4 Å². The molecule has 0 saturated carbocycles. The number of nitriles is 1. The lowest BCUT2D eigenvalue weighted by atomic mass is 9.99. The lowest BCUT2D eigenvalue weighted by Crippen LogP contribution is -2.22. The summed E-state index contributed by atoms with van der Waals surface area (Å²) in [5.41, 5.74) is 18.8. The molecule has 7 N–H and O–H groups in total. The standard InChI is InChI=1S/C24H30N4O2.C23H28N4O2.C22H24N4O.C18H27N3O2.C18H27N3/c1-5-6-14-28(4)17-19-16-25-26-23(19)18-12-13-22(21(15-18)24(29)27(2)3)30-20-10-8-7-9-11-20;1-4-5-13-27(3)16-18-15-25-26-22(18)17-11-12-21(20(14-17)23(28)24-2)29-19-9-7-6-8-10-19;1-3-4-12-26(2)16-21-20(15-24-25-21)17-10-11-22(18(13-17)14-23)27-19-8-6-5-7-9-19;1-3-4-10-21(2)14-16-13-19-20-18(16)15-6-8-17(9-7-15)23-12-5-11-22;1-5-9-21(4)13-17-12-19-20-18(17)16-8-6-7-15(11-16)10-14(2)3/h7-13,15-16H,5-6,14,17H2,1-4H3,(H,25,26);6-12,14-15H,4-5,13,16H2,1-3H3,(H,24,28)(H,25,26);5-11,13,15H,3-4,12,16H2,1-2H3,(H,24,25);6-9,13,22H,3-5,10-12,14H2,1-2H3,(H,19,20);6-8,11-12,14H,5,9-10,13H2,1-4H3,(H,19,20). The zero-order valence-corrected chi connectivity index (χ0v) is 79.0. The van der Waals surface area contributed by atoms with E-state index in [4.69, 9.17) is 24.1 Å². The first-order valence-corrected chi connectivity index (χ1v) is 45.6. The molecule has 0 spiro atoms. The second-order valence-corrected chi connectivity index (χ2v) is 33.5. The van der Waals surface area contributed by atoms with Gasteiger partial charge in [0.2, 0.25) is 0 Å². The number of nitrogens with one attached hydrogen (secondary N) is 6. The van der Waals surface area contributed by atoms with E-state index >= 15 is 0 Å². The number of benzene rings is 8. The molecule has 5 aromatic heterocycles. The lowest BCUT2D eigenvalue weighted by Gasteiger charge is -2.18. The summed E-state index contributed by atoms with van der Waals surface area (Å²) < 4.78 is 23.4. The Hall–Kier alpha value is -12.8. The lowest BCUT2D eigenvalue weighted by molar-refractivity contribution is 0.0824. The monoisotopic (exact) mass is 1760 g/mol.